The van der Waals surface area contributed by atoms with Gasteiger partial charge in [-0.25, -0.2) is 9.37 Å². The number of halogens is 1. The fourth-order valence-electron chi connectivity index (χ4n) is 2.77. The second kappa shape index (κ2) is 9.29. The van der Waals surface area contributed by atoms with Crippen molar-refractivity contribution < 1.29 is 18.7 Å². The smallest absolute Gasteiger partial charge is 0.228 e. The fourth-order valence-corrected chi connectivity index (χ4v) is 3.51. The van der Waals surface area contributed by atoms with Crippen molar-refractivity contribution in [3.63, 3.8) is 0 Å². The normalized spacial score (nSPS) is 11.6. The molecule has 0 fully saturated rings. The van der Waals surface area contributed by atoms with Gasteiger partial charge in [0.1, 0.15) is 11.6 Å². The van der Waals surface area contributed by atoms with E-state index in [1.165, 1.54) is 30.4 Å². The molecule has 1 aromatic heterocycles. The first-order chi connectivity index (χ1) is 13.9. The summed E-state index contributed by atoms with van der Waals surface area (Å²) in [4.78, 5) is 28.5. The number of nitrogens with zero attached hydrogens (tertiary/aromatic N) is 1. The van der Waals surface area contributed by atoms with Crippen molar-refractivity contribution in [3.8, 4) is 17.0 Å². The van der Waals surface area contributed by atoms with Gasteiger partial charge in [-0.2, -0.15) is 0 Å². The molecule has 2 amide bonds. The van der Waals surface area contributed by atoms with E-state index in [0.717, 1.165) is 11.1 Å². The first kappa shape index (κ1) is 20.5. The Morgan fingerprint density at radius 3 is 2.45 bits per heavy atom. The Hall–Kier alpha value is -3.26. The Morgan fingerprint density at radius 1 is 1.14 bits per heavy atom. The molecule has 3 aromatic rings. The minimum atomic E-state index is -0.477. The molecule has 0 aliphatic heterocycles. The minimum Gasteiger partial charge on any atom is -0.497 e. The Bertz CT molecular complexity index is 987. The van der Waals surface area contributed by atoms with Crippen molar-refractivity contribution in [1.82, 2.24) is 10.3 Å². The fraction of sp³-hybridized carbons (Fsp3) is 0.190. The number of ether oxygens (including phenoxy) is 1. The average Bonchev–Trinajstić information content (AvgIpc) is 3.16. The van der Waals surface area contributed by atoms with E-state index < -0.39 is 6.04 Å². The second-order valence-corrected chi connectivity index (χ2v) is 7.18. The summed E-state index contributed by atoms with van der Waals surface area (Å²) in [6, 6.07) is 12.7. The molecule has 0 radical (unpaired) electrons. The van der Waals surface area contributed by atoms with E-state index in [1.54, 1.807) is 36.8 Å². The topological polar surface area (TPSA) is 80.3 Å². The number of nitrogens with one attached hydrogen (secondary N) is 2. The molecular formula is C21H20FN3O3S. The van der Waals surface area contributed by atoms with Crippen molar-refractivity contribution in [1.29, 1.82) is 0 Å². The van der Waals surface area contributed by atoms with Crippen LogP contribution in [0.25, 0.3) is 11.3 Å². The Morgan fingerprint density at radius 2 is 1.83 bits per heavy atom. The lowest BCUT2D eigenvalue weighted by molar-refractivity contribution is -0.120. The standard InChI is InChI=1S/C21H20FN3O3S/c1-13(26)23-18(14-5-9-17(28-2)10-6-14)11-20(27)25-21-24-19(12-29-21)15-3-7-16(22)8-4-15/h3-10,12,18H,11H2,1-2H3,(H,23,26)(H,24,25,27). The highest BCUT2D eigenvalue weighted by atomic mass is 32.1. The number of rotatable bonds is 7. The summed E-state index contributed by atoms with van der Waals surface area (Å²) in [7, 11) is 1.57. The third kappa shape index (κ3) is 5.61. The first-order valence-corrected chi connectivity index (χ1v) is 9.75. The lowest BCUT2D eigenvalue weighted by atomic mass is 10.0. The Labute approximate surface area is 171 Å². The highest BCUT2D eigenvalue weighted by Gasteiger charge is 2.18. The zero-order valence-electron chi connectivity index (χ0n) is 15.9. The molecule has 0 spiro atoms. The summed E-state index contributed by atoms with van der Waals surface area (Å²) in [5, 5.41) is 7.78. The molecule has 8 heteroatoms. The number of amides is 2. The van der Waals surface area contributed by atoms with Gasteiger partial charge in [-0.05, 0) is 42.0 Å². The first-order valence-electron chi connectivity index (χ1n) is 8.87. The molecule has 3 rings (SSSR count). The molecule has 0 bridgehead atoms. The van der Waals surface area contributed by atoms with Gasteiger partial charge in [-0.1, -0.05) is 12.1 Å². The third-order valence-corrected chi connectivity index (χ3v) is 4.93. The van der Waals surface area contributed by atoms with Crippen molar-refractivity contribution in [2.24, 2.45) is 0 Å². The number of carbonyl (C=O) groups is 2. The maximum absolute atomic E-state index is 13.1. The molecule has 0 aliphatic rings. The minimum absolute atomic E-state index is 0.0529. The van der Waals surface area contributed by atoms with Gasteiger partial charge in [-0.3, -0.25) is 9.59 Å². The van der Waals surface area contributed by atoms with E-state index in [0.29, 0.717) is 16.6 Å². The summed E-state index contributed by atoms with van der Waals surface area (Å²) in [5.41, 5.74) is 2.21. The van der Waals surface area contributed by atoms with Crippen LogP contribution in [-0.4, -0.2) is 23.9 Å². The molecule has 2 N–H and O–H groups in total. The molecule has 1 unspecified atom stereocenters. The van der Waals surface area contributed by atoms with E-state index in [4.69, 9.17) is 4.74 Å². The molecule has 0 saturated heterocycles. The number of anilines is 1. The quantitative estimate of drug-likeness (QED) is 0.609. The van der Waals surface area contributed by atoms with E-state index in [1.807, 2.05) is 12.1 Å². The van der Waals surface area contributed by atoms with Crippen LogP contribution in [0.3, 0.4) is 0 Å². The van der Waals surface area contributed by atoms with E-state index in [2.05, 4.69) is 15.6 Å². The van der Waals surface area contributed by atoms with Gasteiger partial charge in [0.2, 0.25) is 11.8 Å². The van der Waals surface area contributed by atoms with Crippen LogP contribution in [0.4, 0.5) is 9.52 Å². The molecule has 6 nitrogen and oxygen atoms in total. The predicted molar refractivity (Wildman–Crippen MR) is 110 cm³/mol. The van der Waals surface area contributed by atoms with Gasteiger partial charge in [-0.15, -0.1) is 11.3 Å². The zero-order chi connectivity index (χ0) is 20.8. The number of aromatic nitrogens is 1. The molecule has 29 heavy (non-hydrogen) atoms. The van der Waals surface area contributed by atoms with Crippen LogP contribution in [0, 0.1) is 5.82 Å². The Balaban J connectivity index is 1.68. The zero-order valence-corrected chi connectivity index (χ0v) is 16.8. The van der Waals surface area contributed by atoms with Crippen molar-refractivity contribution in [2.75, 3.05) is 12.4 Å². The molecule has 1 atom stereocenters. The lowest BCUT2D eigenvalue weighted by Crippen LogP contribution is -2.29. The molecule has 150 valence electrons. The molecule has 2 aromatic carbocycles. The number of hydrogen-bond donors (Lipinski definition) is 2. The average molecular weight is 413 g/mol. The van der Waals surface area contributed by atoms with E-state index >= 15 is 0 Å². The summed E-state index contributed by atoms with van der Waals surface area (Å²) in [6.45, 7) is 1.41. The van der Waals surface area contributed by atoms with E-state index in [9.17, 15) is 14.0 Å². The summed E-state index contributed by atoms with van der Waals surface area (Å²) in [5.74, 6) is -0.137. The second-order valence-electron chi connectivity index (χ2n) is 6.32. The van der Waals surface area contributed by atoms with Gasteiger partial charge >= 0.3 is 0 Å². The van der Waals surface area contributed by atoms with Crippen LogP contribution in [0.2, 0.25) is 0 Å². The highest BCUT2D eigenvalue weighted by Crippen LogP contribution is 2.26. The molecule has 1 heterocycles. The van der Waals surface area contributed by atoms with Crippen LogP contribution < -0.4 is 15.4 Å². The maximum Gasteiger partial charge on any atom is 0.228 e. The van der Waals surface area contributed by atoms with Crippen LogP contribution in [-0.2, 0) is 9.59 Å². The lowest BCUT2D eigenvalue weighted by Gasteiger charge is -2.18. The van der Waals surface area contributed by atoms with Crippen LogP contribution in [0.1, 0.15) is 24.9 Å². The largest absolute Gasteiger partial charge is 0.497 e. The summed E-state index contributed by atoms with van der Waals surface area (Å²) in [6.07, 6.45) is 0.0529. The Kier molecular flexibility index (Phi) is 6.56. The number of methoxy groups -OCH3 is 1. The monoisotopic (exact) mass is 413 g/mol. The predicted octanol–water partition coefficient (Wildman–Crippen LogP) is 4.16. The van der Waals surface area contributed by atoms with Gasteiger partial charge < -0.3 is 15.4 Å². The maximum atomic E-state index is 13.1. The molecular weight excluding hydrogens is 393 g/mol. The highest BCUT2D eigenvalue weighted by molar-refractivity contribution is 7.14. The molecule has 0 saturated carbocycles. The number of benzene rings is 2. The molecule has 0 aliphatic carbocycles. The van der Waals surface area contributed by atoms with E-state index in [-0.39, 0.29) is 24.1 Å². The van der Waals surface area contributed by atoms with Gasteiger partial charge in [0.15, 0.2) is 5.13 Å². The van der Waals surface area contributed by atoms with Crippen molar-refractivity contribution >= 4 is 28.3 Å². The van der Waals surface area contributed by atoms with Crippen LogP contribution in [0.5, 0.6) is 5.75 Å². The third-order valence-electron chi connectivity index (χ3n) is 4.18. The van der Waals surface area contributed by atoms with Crippen molar-refractivity contribution in [2.45, 2.75) is 19.4 Å². The summed E-state index contributed by atoms with van der Waals surface area (Å²) < 4.78 is 18.2. The number of carbonyl (C=O) groups excluding carboxylic acids is 2. The van der Waals surface area contributed by atoms with Crippen molar-refractivity contribution in [3.05, 3.63) is 65.3 Å². The number of hydrogen-bond acceptors (Lipinski definition) is 5. The van der Waals surface area contributed by atoms with Gasteiger partial charge in [0.25, 0.3) is 0 Å². The summed E-state index contributed by atoms with van der Waals surface area (Å²) >= 11 is 1.28. The SMILES string of the molecule is COc1ccc(C(CC(=O)Nc2nc(-c3ccc(F)cc3)cs2)NC(C)=O)cc1. The van der Waals surface area contributed by atoms with Crippen LogP contribution in [0.15, 0.2) is 53.9 Å². The number of thiazole rings is 1. The van der Waals surface area contributed by atoms with Gasteiger partial charge in [0.05, 0.1) is 25.3 Å². The van der Waals surface area contributed by atoms with Gasteiger partial charge in [0, 0.05) is 17.9 Å². The van der Waals surface area contributed by atoms with Crippen LogP contribution >= 0.6 is 11.3 Å².